The van der Waals surface area contributed by atoms with E-state index in [1.165, 1.54) is 6.08 Å². The smallest absolute Gasteiger partial charge is 0.244 e. The number of ether oxygens (including phenoxy) is 1. The summed E-state index contributed by atoms with van der Waals surface area (Å²) in [5.41, 5.74) is 2.04. The lowest BCUT2D eigenvalue weighted by molar-refractivity contribution is -0.117. The van der Waals surface area contributed by atoms with Crippen molar-refractivity contribution in [2.45, 2.75) is 13.0 Å². The van der Waals surface area contributed by atoms with Gasteiger partial charge in [0.1, 0.15) is 18.5 Å². The third kappa shape index (κ3) is 6.36. The van der Waals surface area contributed by atoms with Gasteiger partial charge >= 0.3 is 0 Å². The molecule has 0 aliphatic carbocycles. The van der Waals surface area contributed by atoms with Crippen molar-refractivity contribution in [1.29, 1.82) is 0 Å². The molecule has 2 aromatic carbocycles. The summed E-state index contributed by atoms with van der Waals surface area (Å²) in [6.07, 6.45) is 2.42. The number of carbonyl (C=O) groups excluding carboxylic acids is 1. The monoisotopic (exact) mass is 311 g/mol. The molecule has 23 heavy (non-hydrogen) atoms. The van der Waals surface area contributed by atoms with Crippen LogP contribution in [0.25, 0.3) is 6.08 Å². The average Bonchev–Trinajstić information content (AvgIpc) is 2.57. The molecule has 0 heterocycles. The molecule has 120 valence electrons. The van der Waals surface area contributed by atoms with Gasteiger partial charge in [-0.3, -0.25) is 4.79 Å². The molecule has 2 rings (SSSR count). The highest BCUT2D eigenvalue weighted by atomic mass is 16.5. The van der Waals surface area contributed by atoms with Crippen molar-refractivity contribution < 1.29 is 14.6 Å². The lowest BCUT2D eigenvalue weighted by Crippen LogP contribution is -2.34. The second-order valence-electron chi connectivity index (χ2n) is 5.27. The van der Waals surface area contributed by atoms with E-state index < -0.39 is 6.10 Å². The van der Waals surface area contributed by atoms with Crippen LogP contribution in [0.3, 0.4) is 0 Å². The molecule has 1 amide bonds. The van der Waals surface area contributed by atoms with Crippen molar-refractivity contribution in [3.63, 3.8) is 0 Å². The molecule has 0 aromatic heterocycles. The van der Waals surface area contributed by atoms with Crippen molar-refractivity contribution in [2.24, 2.45) is 0 Å². The summed E-state index contributed by atoms with van der Waals surface area (Å²) in [5, 5.41) is 12.5. The highest BCUT2D eigenvalue weighted by Gasteiger charge is 2.06. The number of aliphatic hydroxyl groups excluding tert-OH is 1. The number of aliphatic hydroxyl groups is 1. The summed E-state index contributed by atoms with van der Waals surface area (Å²) in [7, 11) is 0. The number of nitrogens with one attached hydrogen (secondary N) is 1. The number of hydrogen-bond donors (Lipinski definition) is 2. The lowest BCUT2D eigenvalue weighted by Gasteiger charge is -2.13. The van der Waals surface area contributed by atoms with Crippen LogP contribution in [0.1, 0.15) is 11.1 Å². The zero-order chi connectivity index (χ0) is 16.5. The fourth-order valence-electron chi connectivity index (χ4n) is 1.97. The fraction of sp³-hybridized carbons (Fsp3) is 0.211. The standard InChI is InChI=1S/C19H21NO3/c1-15-6-5-9-18(12-15)23-14-17(21)13-20-19(22)11-10-16-7-3-2-4-8-16/h2-12,17,21H,13-14H2,1H3,(H,20,22)/b11-10+. The van der Waals surface area contributed by atoms with Gasteiger partial charge in [0.25, 0.3) is 0 Å². The largest absolute Gasteiger partial charge is 0.491 e. The Morgan fingerprint density at radius 1 is 1.22 bits per heavy atom. The van der Waals surface area contributed by atoms with Crippen LogP contribution in [0.15, 0.2) is 60.7 Å². The Morgan fingerprint density at radius 3 is 2.74 bits per heavy atom. The third-order valence-electron chi connectivity index (χ3n) is 3.17. The van der Waals surface area contributed by atoms with Crippen LogP contribution >= 0.6 is 0 Å². The summed E-state index contributed by atoms with van der Waals surface area (Å²) >= 11 is 0. The van der Waals surface area contributed by atoms with Gasteiger partial charge in [0, 0.05) is 12.6 Å². The van der Waals surface area contributed by atoms with Crippen LogP contribution in [0.2, 0.25) is 0 Å². The van der Waals surface area contributed by atoms with Crippen molar-refractivity contribution in [2.75, 3.05) is 13.2 Å². The number of carbonyl (C=O) groups is 1. The van der Waals surface area contributed by atoms with Crippen molar-refractivity contribution in [1.82, 2.24) is 5.32 Å². The molecule has 4 nitrogen and oxygen atoms in total. The molecule has 2 N–H and O–H groups in total. The second-order valence-corrected chi connectivity index (χ2v) is 5.27. The minimum atomic E-state index is -0.760. The van der Waals surface area contributed by atoms with Crippen LogP contribution in [0.5, 0.6) is 5.75 Å². The first-order chi connectivity index (χ1) is 11.1. The first-order valence-corrected chi connectivity index (χ1v) is 7.52. The Labute approximate surface area is 136 Å². The number of aryl methyl sites for hydroxylation is 1. The molecule has 0 bridgehead atoms. The van der Waals surface area contributed by atoms with Crippen LogP contribution in [0.4, 0.5) is 0 Å². The molecule has 0 saturated heterocycles. The third-order valence-corrected chi connectivity index (χ3v) is 3.17. The highest BCUT2D eigenvalue weighted by Crippen LogP contribution is 2.12. The molecule has 4 heteroatoms. The molecular weight excluding hydrogens is 290 g/mol. The summed E-state index contributed by atoms with van der Waals surface area (Å²) in [6, 6.07) is 17.2. The minimum absolute atomic E-state index is 0.131. The molecule has 1 unspecified atom stereocenters. The molecule has 0 aliphatic rings. The predicted molar refractivity (Wildman–Crippen MR) is 91.2 cm³/mol. The number of hydrogen-bond acceptors (Lipinski definition) is 3. The topological polar surface area (TPSA) is 58.6 Å². The number of amides is 1. The summed E-state index contributed by atoms with van der Waals surface area (Å²) in [5.74, 6) is 0.461. The van der Waals surface area contributed by atoms with Crippen molar-refractivity contribution in [3.8, 4) is 5.75 Å². The van der Waals surface area contributed by atoms with Crippen LogP contribution in [0, 0.1) is 6.92 Å². The maximum absolute atomic E-state index is 11.7. The Kier molecular flexibility index (Phi) is 6.39. The molecule has 0 radical (unpaired) electrons. The predicted octanol–water partition coefficient (Wildman–Crippen LogP) is 2.56. The van der Waals surface area contributed by atoms with Gasteiger partial charge in [-0.25, -0.2) is 0 Å². The summed E-state index contributed by atoms with van der Waals surface area (Å²) in [6.45, 7) is 2.25. The second kappa shape index (κ2) is 8.76. The molecule has 0 aliphatic heterocycles. The maximum Gasteiger partial charge on any atom is 0.244 e. The average molecular weight is 311 g/mol. The first kappa shape index (κ1) is 16.8. The first-order valence-electron chi connectivity index (χ1n) is 7.52. The zero-order valence-corrected chi connectivity index (χ0v) is 13.1. The van der Waals surface area contributed by atoms with E-state index in [0.29, 0.717) is 5.75 Å². The SMILES string of the molecule is Cc1cccc(OCC(O)CNC(=O)/C=C/c2ccccc2)c1. The van der Waals surface area contributed by atoms with E-state index in [0.717, 1.165) is 11.1 Å². The number of rotatable bonds is 7. The Hall–Kier alpha value is -2.59. The van der Waals surface area contributed by atoms with E-state index >= 15 is 0 Å². The quantitative estimate of drug-likeness (QED) is 0.773. The Balaban J connectivity index is 1.70. The fourth-order valence-corrected chi connectivity index (χ4v) is 1.97. The molecule has 0 saturated carbocycles. The summed E-state index contributed by atoms with van der Waals surface area (Å²) in [4.78, 5) is 11.7. The highest BCUT2D eigenvalue weighted by molar-refractivity contribution is 5.91. The number of benzene rings is 2. The van der Waals surface area contributed by atoms with E-state index in [-0.39, 0.29) is 19.1 Å². The molecule has 0 spiro atoms. The lowest BCUT2D eigenvalue weighted by atomic mass is 10.2. The molecule has 0 fully saturated rings. The van der Waals surface area contributed by atoms with Gasteiger partial charge in [0.2, 0.25) is 5.91 Å². The van der Waals surface area contributed by atoms with Gasteiger partial charge in [0.05, 0.1) is 0 Å². The van der Waals surface area contributed by atoms with E-state index in [2.05, 4.69) is 5.32 Å². The minimum Gasteiger partial charge on any atom is -0.491 e. The Morgan fingerprint density at radius 2 is 2.00 bits per heavy atom. The van der Waals surface area contributed by atoms with E-state index in [1.807, 2.05) is 61.5 Å². The van der Waals surface area contributed by atoms with Gasteiger partial charge in [-0.1, -0.05) is 42.5 Å². The van der Waals surface area contributed by atoms with Gasteiger partial charge in [-0.2, -0.15) is 0 Å². The molecule has 2 aromatic rings. The molecular formula is C19H21NO3. The maximum atomic E-state index is 11.7. The van der Waals surface area contributed by atoms with Gasteiger partial charge < -0.3 is 15.2 Å². The van der Waals surface area contributed by atoms with Crippen LogP contribution in [-0.4, -0.2) is 30.3 Å². The summed E-state index contributed by atoms with van der Waals surface area (Å²) < 4.78 is 5.49. The van der Waals surface area contributed by atoms with E-state index in [1.54, 1.807) is 6.08 Å². The zero-order valence-electron chi connectivity index (χ0n) is 13.1. The van der Waals surface area contributed by atoms with Gasteiger partial charge in [-0.15, -0.1) is 0 Å². The van der Waals surface area contributed by atoms with Gasteiger partial charge in [-0.05, 0) is 36.3 Å². The normalized spacial score (nSPS) is 12.1. The van der Waals surface area contributed by atoms with Crippen molar-refractivity contribution >= 4 is 12.0 Å². The van der Waals surface area contributed by atoms with E-state index in [4.69, 9.17) is 4.74 Å². The van der Waals surface area contributed by atoms with Crippen molar-refractivity contribution in [3.05, 3.63) is 71.8 Å². The Bertz CT molecular complexity index is 653. The van der Waals surface area contributed by atoms with Crippen LogP contribution in [-0.2, 0) is 4.79 Å². The van der Waals surface area contributed by atoms with E-state index in [9.17, 15) is 9.90 Å². The molecule has 1 atom stereocenters. The van der Waals surface area contributed by atoms with Gasteiger partial charge in [0.15, 0.2) is 0 Å². The van der Waals surface area contributed by atoms with Crippen LogP contribution < -0.4 is 10.1 Å².